The molecule has 17 rings (SSSR count). The third-order valence-electron chi connectivity index (χ3n) is 16.3. The van der Waals surface area contributed by atoms with E-state index in [-0.39, 0.29) is 71.7 Å². The van der Waals surface area contributed by atoms with E-state index in [9.17, 15) is 31.5 Å². The van der Waals surface area contributed by atoms with Crippen LogP contribution in [0.3, 0.4) is 0 Å². The van der Waals surface area contributed by atoms with E-state index in [4.69, 9.17) is 36.3 Å². The molecule has 0 atom stereocenters. The number of hydrogen-bond acceptors (Lipinski definition) is 2. The number of aromatic nitrogens is 4. The second-order valence-electron chi connectivity index (χ2n) is 21.9. The number of para-hydroxylation sites is 2. The van der Waals surface area contributed by atoms with Crippen molar-refractivity contribution >= 4 is 61.7 Å². The van der Waals surface area contributed by atoms with Gasteiger partial charge in [-0.1, -0.05) is 278 Å². The van der Waals surface area contributed by atoms with Crippen LogP contribution in [0, 0.1) is 39.0 Å². The molecule has 0 saturated heterocycles. The van der Waals surface area contributed by atoms with Crippen molar-refractivity contribution in [1.82, 2.24) is 14.1 Å². The number of hydrogen-bond donors (Lipinski definition) is 0. The summed E-state index contributed by atoms with van der Waals surface area (Å²) in [4.78, 5) is 4.66. The largest absolute Gasteiger partial charge is 0.510 e. The Balaban J connectivity index is 0.0000152. The molecule has 0 aliphatic rings. The molecule has 0 saturated carbocycles. The summed E-state index contributed by atoms with van der Waals surface area (Å²) < 4.78 is 441. The molecule has 5 nitrogen and oxygen atoms in total. The Morgan fingerprint density at radius 2 is 0.970 bits per heavy atom. The third kappa shape index (κ3) is 11.4. The van der Waals surface area contributed by atoms with Crippen molar-refractivity contribution in [3.8, 4) is 95.5 Å². The molecule has 0 unspecified atom stereocenters. The van der Waals surface area contributed by atoms with Crippen LogP contribution in [0.4, 0.5) is 0 Å². The van der Waals surface area contributed by atoms with E-state index in [1.54, 1.807) is 30.3 Å². The van der Waals surface area contributed by atoms with Gasteiger partial charge in [-0.05, 0) is 167 Å². The molecule has 480 valence electrons. The van der Waals surface area contributed by atoms with E-state index in [2.05, 4.69) is 23.4 Å². The summed E-state index contributed by atoms with van der Waals surface area (Å²) in [7, 11) is -6.81. The fourth-order valence-corrected chi connectivity index (χ4v) is 15.6. The molecule has 0 spiro atoms. The summed E-state index contributed by atoms with van der Waals surface area (Å²) in [5.74, 6) is -0.446. The molecule has 3 aromatic heterocycles. The summed E-state index contributed by atoms with van der Waals surface area (Å²) in [5, 5.41) is -4.15. The number of aryl methyl sites for hydroxylation is 3. The second-order valence-corrected chi connectivity index (χ2v) is 25.4. The Morgan fingerprint density at radius 3 is 1.61 bits per heavy atom. The predicted octanol–water partition coefficient (Wildman–Crippen LogP) is 19.9. The van der Waals surface area contributed by atoms with Gasteiger partial charge in [-0.25, -0.2) is 4.98 Å². The monoisotopic (exact) mass is 1520 g/mol. The third-order valence-corrected chi connectivity index (χ3v) is 20.3. The van der Waals surface area contributed by atoms with Crippen LogP contribution in [0.5, 0.6) is 11.5 Å². The van der Waals surface area contributed by atoms with Crippen LogP contribution in [0.1, 0.15) is 79.7 Å². The van der Waals surface area contributed by atoms with E-state index < -0.39 is 351 Å². The van der Waals surface area contributed by atoms with Crippen LogP contribution >= 0.6 is 0 Å². The van der Waals surface area contributed by atoms with Crippen LogP contribution in [0.2, 0.25) is 0 Å². The van der Waals surface area contributed by atoms with Crippen molar-refractivity contribution in [3.05, 3.63) is 380 Å². The number of ether oxygens (including phenoxy) is 1. The van der Waals surface area contributed by atoms with Gasteiger partial charge in [0.05, 0.1) is 67.4 Å². The van der Waals surface area contributed by atoms with Crippen molar-refractivity contribution < 1.29 is 93.4 Å². The molecule has 14 aromatic carbocycles. The first-order valence-corrected chi connectivity index (χ1v) is 32.0. The number of benzene rings is 14. The summed E-state index contributed by atoms with van der Waals surface area (Å²) >= 11 is 0. The van der Waals surface area contributed by atoms with E-state index in [1.807, 2.05) is 0 Å². The first kappa shape index (κ1) is 30.1. The van der Waals surface area contributed by atoms with Crippen LogP contribution in [0.25, 0.3) is 117 Å². The number of fused-ring (bicyclic) bond motifs is 4. The summed E-state index contributed by atoms with van der Waals surface area (Å²) in [5.41, 5.74) is -11.5. The van der Waals surface area contributed by atoms with Crippen LogP contribution < -0.4 is 30.1 Å². The van der Waals surface area contributed by atoms with Crippen molar-refractivity contribution in [3.63, 3.8) is 0 Å². The Hall–Kier alpha value is -11.8. The minimum Gasteiger partial charge on any atom is -0.510 e. The normalized spacial score (nSPS) is 18.4. The number of nitrogens with zero attached hydrogens (tertiary/aromatic N) is 4. The number of pyridine rings is 1. The Kier molecular flexibility index (Phi) is 8.11. The van der Waals surface area contributed by atoms with Gasteiger partial charge in [0.1, 0.15) is 5.82 Å². The molecule has 100 heavy (non-hydrogen) atoms. The smallest absolute Gasteiger partial charge is 0.268 e. The van der Waals surface area contributed by atoms with Crippen LogP contribution in [-0.4, -0.2) is 22.2 Å². The average molecular weight is 1530 g/mol. The first-order chi connectivity index (χ1) is 67.8. The molecule has 0 bridgehead atoms. The Labute approximate surface area is 663 Å². The van der Waals surface area contributed by atoms with Crippen LogP contribution in [0.15, 0.2) is 345 Å². The fourth-order valence-electron chi connectivity index (χ4n) is 12.1. The van der Waals surface area contributed by atoms with Gasteiger partial charge in [0.15, 0.2) is 8.07 Å². The minimum atomic E-state index is -6.81. The van der Waals surface area contributed by atoms with Crippen LogP contribution in [-0.2, 0) is 21.1 Å². The van der Waals surface area contributed by atoms with Crippen molar-refractivity contribution in [2.75, 3.05) is 0 Å². The number of imidazole rings is 1. The van der Waals surface area contributed by atoms with Crippen molar-refractivity contribution in [2.24, 2.45) is 0 Å². The zero-order chi connectivity index (χ0) is 106. The topological polar surface area (TPSA) is 35.9 Å². The standard InChI is InChI=1S/C93H66N4OSi.Pt/c1-64-28-24-29-65(2)92(64)71-50-53-88-90(59-71)95(75-37-26-38-76(60-75)98-77-51-52-85-84-46-22-23-49-87(84)97(89(85)61-77)91-54-66(3)86(62-94-91)69-34-14-6-15-35-69)63-96(88)93-82(47-27-48-83(93)74-56-72(67-30-10-4-11-31-67)55-73(57-74)68-32-12-5-13-33-68)70-36-25-45-81(58-70)99(78-39-16-7-17-40-78,79-41-18-8-19-42-79)80-43-20-9-21-44-80;/h4-59,62H,1-3H3;/q-2;/i1D3,2D3,3D3,4D,5D,6D,7D,8D,9D,10D,11D,12D,13D,14D,15D,16D,17D,18D,19D,20D,21D,25D,30D,31D,32D,33D,34D,35D,36D,39D,40D,41D,42D,43D,44D,45D,55D,56D,57D,58D;. The zero-order valence-electron chi connectivity index (χ0n) is 97.1. The number of rotatable bonds is 15. The van der Waals surface area contributed by atoms with E-state index in [0.717, 1.165) is 45.7 Å². The summed E-state index contributed by atoms with van der Waals surface area (Å²) in [6, 6.07) is -11.8. The molecular weight excluding hydrogens is 1410 g/mol. The minimum absolute atomic E-state index is 0. The zero-order valence-corrected chi connectivity index (χ0v) is 54.3. The maximum atomic E-state index is 11.3. The average Bonchev–Trinajstić information content (AvgIpc) is 0.745. The summed E-state index contributed by atoms with van der Waals surface area (Å²) in [6.45, 7) is -9.32. The van der Waals surface area contributed by atoms with Gasteiger partial charge in [-0.3, -0.25) is 4.57 Å². The van der Waals surface area contributed by atoms with Gasteiger partial charge in [0, 0.05) is 62.2 Å². The SMILES string of the molecule is [2H]c1c([2H])c([2H])c(-c2cnc(-n3c4[c-]c(Oc5[c-]c(-n6[c-][n+](-c7c(-c8c([2H])c(-c9c([2H])c([2H])c([2H])c([2H])c9[2H])c([2H])c(-c9c([2H])c([2H])c([2H])c([2H])c9[2H])c8[2H])cccc7-c7c([2H])c([2H])c([2H])c([Si](c8c([2H])c([2H])c([2H])c([2H])c8[2H])(c8c([2H])c([2H])c([2H])c([2H])c8[2H])c8c([2H])c([2H])c([2H])c([2H])c8[2H])c7[2H])c7ccc(-c8c(C([2H])([2H])[2H])cccc8C([2H])([2H])[2H])cc76)ccc5)ccc4c4ccccc43)cc2C([2H])([2H])[2H])c([2H])c1[2H].[Pt]. The molecule has 3 heterocycles. The van der Waals surface area contributed by atoms with Gasteiger partial charge >= 0.3 is 0 Å². The molecule has 7 heteroatoms. The maximum absolute atomic E-state index is 11.3. The molecule has 0 radical (unpaired) electrons. The molecule has 0 fully saturated rings. The Bertz CT molecular complexity index is 8130. The maximum Gasteiger partial charge on any atom is 0.268 e. The van der Waals surface area contributed by atoms with E-state index >= 15 is 0 Å². The van der Waals surface area contributed by atoms with Gasteiger partial charge < -0.3 is 13.9 Å². The molecule has 0 aliphatic heterocycles. The van der Waals surface area contributed by atoms with Crippen molar-refractivity contribution in [1.29, 1.82) is 0 Å². The molecule has 17 aromatic rings. The van der Waals surface area contributed by atoms with Gasteiger partial charge in [0.25, 0.3) is 6.33 Å². The van der Waals surface area contributed by atoms with Crippen molar-refractivity contribution in [2.45, 2.75) is 20.6 Å². The van der Waals surface area contributed by atoms with Gasteiger partial charge in [-0.15, -0.1) is 29.7 Å². The first-order valence-electron chi connectivity index (χ1n) is 53.0. The predicted molar refractivity (Wildman–Crippen MR) is 410 cm³/mol. The molecular formula is C93H66N4OPtSi-2. The second kappa shape index (κ2) is 26.9. The molecule has 0 aliphatic carbocycles. The van der Waals surface area contributed by atoms with Gasteiger partial charge in [-0.2, -0.15) is 18.2 Å². The quantitative estimate of drug-likeness (QED) is 0.0444. The van der Waals surface area contributed by atoms with Gasteiger partial charge in [0.2, 0.25) is 0 Å². The Morgan fingerprint density at radius 1 is 0.420 bits per heavy atom. The molecule has 0 N–H and O–H groups in total. The summed E-state index contributed by atoms with van der Waals surface area (Å²) in [6.07, 6.45) is 4.26. The van der Waals surface area contributed by atoms with E-state index in [0.29, 0.717) is 16.3 Å². The molecule has 0 amide bonds. The fraction of sp³-hybridized carbons (Fsp3) is 0.0323. The van der Waals surface area contributed by atoms with E-state index in [1.165, 1.54) is 59.2 Å².